The highest BCUT2D eigenvalue weighted by Crippen LogP contribution is 2.25. The number of fused-ring (bicyclic) bond motifs is 2. The number of para-hydroxylation sites is 1. The Bertz CT molecular complexity index is 856. The average Bonchev–Trinajstić information content (AvgIpc) is 2.34. The number of hydrogen-bond donors (Lipinski definition) is 0. The Morgan fingerprint density at radius 1 is 0.889 bits per heavy atom. The van der Waals surface area contributed by atoms with E-state index in [1.165, 1.54) is 12.1 Å². The largest absolute Gasteiger partial charge is 0.324 e. The lowest BCUT2D eigenvalue weighted by molar-refractivity contribution is 0.415. The normalized spacial score (nSPS) is 12.1. The van der Waals surface area contributed by atoms with Crippen molar-refractivity contribution in [3.8, 4) is 0 Å². The highest BCUT2D eigenvalue weighted by atomic mass is 32.2. The summed E-state index contributed by atoms with van der Waals surface area (Å²) < 4.78 is 33.6. The molecule has 0 saturated heterocycles. The van der Waals surface area contributed by atoms with Gasteiger partial charge in [-0.15, -0.1) is 0 Å². The SMILES string of the molecule is [O]S(=O)(=O)c1cccc2nc3ccccc3cc12. The van der Waals surface area contributed by atoms with Gasteiger partial charge >= 0.3 is 10.1 Å². The molecule has 1 heterocycles. The van der Waals surface area contributed by atoms with Crippen LogP contribution in [0.5, 0.6) is 0 Å². The van der Waals surface area contributed by atoms with Crippen molar-refractivity contribution in [3.05, 3.63) is 48.5 Å². The number of nitrogens with zero attached hydrogens (tertiary/aromatic N) is 1. The Kier molecular flexibility index (Phi) is 2.33. The quantitative estimate of drug-likeness (QED) is 0.630. The van der Waals surface area contributed by atoms with Crippen LogP contribution in [0.3, 0.4) is 0 Å². The molecule has 18 heavy (non-hydrogen) atoms. The van der Waals surface area contributed by atoms with Gasteiger partial charge < -0.3 is 0 Å². The average molecular weight is 258 g/mol. The molecule has 0 unspecified atom stereocenters. The highest BCUT2D eigenvalue weighted by Gasteiger charge is 2.16. The second kappa shape index (κ2) is 3.76. The molecule has 0 aliphatic carbocycles. The van der Waals surface area contributed by atoms with Crippen LogP contribution in [-0.2, 0) is 14.7 Å². The first-order chi connectivity index (χ1) is 8.55. The Morgan fingerprint density at radius 3 is 2.39 bits per heavy atom. The summed E-state index contributed by atoms with van der Waals surface area (Å²) in [6.45, 7) is 0. The first-order valence-electron chi connectivity index (χ1n) is 5.30. The summed E-state index contributed by atoms with van der Waals surface area (Å²) >= 11 is 0. The molecule has 89 valence electrons. The predicted octanol–water partition coefficient (Wildman–Crippen LogP) is 2.51. The van der Waals surface area contributed by atoms with E-state index in [2.05, 4.69) is 4.98 Å². The van der Waals surface area contributed by atoms with Gasteiger partial charge in [0.25, 0.3) is 0 Å². The number of hydrogen-bond acceptors (Lipinski definition) is 3. The molecule has 0 spiro atoms. The van der Waals surface area contributed by atoms with E-state index in [1.807, 2.05) is 24.3 Å². The van der Waals surface area contributed by atoms with Crippen LogP contribution in [0.2, 0.25) is 0 Å². The summed E-state index contributed by atoms with van der Waals surface area (Å²) in [5, 5.41) is 1.17. The molecule has 0 fully saturated rings. The van der Waals surface area contributed by atoms with Crippen LogP contribution < -0.4 is 0 Å². The van der Waals surface area contributed by atoms with E-state index in [9.17, 15) is 13.0 Å². The molecule has 0 aliphatic heterocycles. The molecule has 3 rings (SSSR count). The van der Waals surface area contributed by atoms with Crippen molar-refractivity contribution in [3.63, 3.8) is 0 Å². The van der Waals surface area contributed by atoms with Crippen LogP contribution in [0.4, 0.5) is 0 Å². The van der Waals surface area contributed by atoms with Crippen molar-refractivity contribution in [2.75, 3.05) is 0 Å². The van der Waals surface area contributed by atoms with Crippen LogP contribution in [0.1, 0.15) is 0 Å². The smallest absolute Gasteiger partial charge is 0.248 e. The van der Waals surface area contributed by atoms with Crippen molar-refractivity contribution in [2.24, 2.45) is 0 Å². The van der Waals surface area contributed by atoms with Gasteiger partial charge in [-0.25, -0.2) is 4.98 Å². The second-order valence-corrected chi connectivity index (χ2v) is 5.31. The summed E-state index contributed by atoms with van der Waals surface area (Å²) in [5.74, 6) is 0. The Labute approximate surface area is 104 Å². The van der Waals surface area contributed by atoms with Crippen LogP contribution in [0.25, 0.3) is 21.8 Å². The van der Waals surface area contributed by atoms with E-state index in [-0.39, 0.29) is 4.90 Å². The predicted molar refractivity (Wildman–Crippen MR) is 67.1 cm³/mol. The number of benzene rings is 2. The summed E-state index contributed by atoms with van der Waals surface area (Å²) in [7, 11) is -4.49. The standard InChI is InChI=1S/C13H8NO3S/c15-18(16,17)13-7-3-6-12-10(13)8-9-4-1-2-5-11(9)14-12/h1-8H. The van der Waals surface area contributed by atoms with Gasteiger partial charge in [0.2, 0.25) is 0 Å². The lowest BCUT2D eigenvalue weighted by Gasteiger charge is -2.04. The van der Waals surface area contributed by atoms with E-state index < -0.39 is 10.1 Å². The maximum atomic E-state index is 11.2. The fourth-order valence-corrected chi connectivity index (χ4v) is 2.67. The second-order valence-electron chi connectivity index (χ2n) is 3.96. The van der Waals surface area contributed by atoms with Gasteiger partial charge in [0.15, 0.2) is 0 Å². The summed E-state index contributed by atoms with van der Waals surface area (Å²) in [6, 6.07) is 13.6. The van der Waals surface area contributed by atoms with E-state index in [4.69, 9.17) is 0 Å². The van der Waals surface area contributed by atoms with E-state index in [1.54, 1.807) is 12.1 Å². The summed E-state index contributed by atoms with van der Waals surface area (Å²) in [6.07, 6.45) is 0. The minimum atomic E-state index is -4.49. The first-order valence-corrected chi connectivity index (χ1v) is 6.71. The summed E-state index contributed by atoms with van der Waals surface area (Å²) in [4.78, 5) is 4.12. The van der Waals surface area contributed by atoms with Gasteiger partial charge in [-0.1, -0.05) is 28.8 Å². The van der Waals surface area contributed by atoms with Crippen molar-refractivity contribution < 1.29 is 13.0 Å². The minimum absolute atomic E-state index is 0.224. The van der Waals surface area contributed by atoms with Crippen LogP contribution >= 0.6 is 0 Å². The molecule has 0 bridgehead atoms. The lowest BCUT2D eigenvalue weighted by atomic mass is 10.1. The molecule has 0 atom stereocenters. The van der Waals surface area contributed by atoms with Gasteiger partial charge in [0.1, 0.15) is 4.90 Å². The van der Waals surface area contributed by atoms with Crippen molar-refractivity contribution in [1.29, 1.82) is 0 Å². The highest BCUT2D eigenvalue weighted by molar-refractivity contribution is 7.85. The van der Waals surface area contributed by atoms with Crippen molar-refractivity contribution >= 4 is 31.9 Å². The Morgan fingerprint density at radius 2 is 1.61 bits per heavy atom. The third kappa shape index (κ3) is 1.73. The van der Waals surface area contributed by atoms with Crippen LogP contribution in [0.15, 0.2) is 53.4 Å². The monoisotopic (exact) mass is 258 g/mol. The van der Waals surface area contributed by atoms with Crippen LogP contribution in [-0.4, -0.2) is 13.4 Å². The Balaban J connectivity index is 2.51. The molecular weight excluding hydrogens is 250 g/mol. The molecule has 0 aliphatic rings. The Hall–Kier alpha value is -1.98. The molecule has 1 aromatic heterocycles. The zero-order valence-corrected chi connectivity index (χ0v) is 10.0. The number of aromatic nitrogens is 1. The van der Waals surface area contributed by atoms with E-state index in [0.717, 1.165) is 10.9 Å². The van der Waals surface area contributed by atoms with E-state index in [0.29, 0.717) is 10.9 Å². The first kappa shape index (κ1) is 11.1. The van der Waals surface area contributed by atoms with Gasteiger partial charge in [-0.2, -0.15) is 8.42 Å². The number of rotatable bonds is 1. The molecule has 0 N–H and O–H groups in total. The maximum absolute atomic E-state index is 11.2. The van der Waals surface area contributed by atoms with Crippen LogP contribution in [0, 0.1) is 0 Å². The van der Waals surface area contributed by atoms with Gasteiger partial charge in [0, 0.05) is 10.8 Å². The topological polar surface area (TPSA) is 66.9 Å². The molecule has 0 amide bonds. The zero-order valence-electron chi connectivity index (χ0n) is 9.20. The third-order valence-corrected chi connectivity index (χ3v) is 3.68. The molecule has 2 aromatic carbocycles. The molecular formula is C13H8NO3S. The lowest BCUT2D eigenvalue weighted by Crippen LogP contribution is -1.97. The third-order valence-electron chi connectivity index (χ3n) is 2.79. The van der Waals surface area contributed by atoms with Gasteiger partial charge in [0.05, 0.1) is 11.0 Å². The van der Waals surface area contributed by atoms with Gasteiger partial charge in [-0.3, -0.25) is 0 Å². The fraction of sp³-hybridized carbons (Fsp3) is 0. The molecule has 3 aromatic rings. The zero-order chi connectivity index (χ0) is 12.8. The van der Waals surface area contributed by atoms with Crippen molar-refractivity contribution in [1.82, 2.24) is 4.98 Å². The molecule has 1 radical (unpaired) electrons. The minimum Gasteiger partial charge on any atom is -0.248 e. The number of pyridine rings is 1. The molecule has 4 nitrogen and oxygen atoms in total. The van der Waals surface area contributed by atoms with Crippen molar-refractivity contribution in [2.45, 2.75) is 4.90 Å². The molecule has 5 heteroatoms. The molecule has 0 saturated carbocycles. The van der Waals surface area contributed by atoms with E-state index >= 15 is 0 Å². The summed E-state index contributed by atoms with van der Waals surface area (Å²) in [5.41, 5.74) is 1.27. The van der Waals surface area contributed by atoms with Gasteiger partial charge in [-0.05, 0) is 24.3 Å². The maximum Gasteiger partial charge on any atom is 0.324 e. The fourth-order valence-electron chi connectivity index (χ4n) is 1.99.